The van der Waals surface area contributed by atoms with Crippen molar-refractivity contribution < 1.29 is 29.3 Å². The molecule has 3 N–H and O–H groups in total. The van der Waals surface area contributed by atoms with E-state index >= 15 is 0 Å². The quantitative estimate of drug-likeness (QED) is 0.604. The molecule has 2 aromatic rings. The van der Waals surface area contributed by atoms with Gasteiger partial charge in [0.05, 0.1) is 16.2 Å². The second-order valence-corrected chi connectivity index (χ2v) is 7.47. The number of nitrogens with one attached hydrogen (secondary N) is 1. The maximum Gasteiger partial charge on any atom is 0.344 e. The molecule has 154 valence electrons. The average molecular weight is 426 g/mol. The Labute approximate surface area is 176 Å². The first-order chi connectivity index (χ1) is 14.2. The van der Waals surface area contributed by atoms with Gasteiger partial charge < -0.3 is 20.3 Å². The summed E-state index contributed by atoms with van der Waals surface area (Å²) in [5, 5.41) is 21.3. The lowest BCUT2D eigenvalue weighted by molar-refractivity contribution is -0.144. The van der Waals surface area contributed by atoms with Gasteiger partial charge in [-0.15, -0.1) is 0 Å². The van der Waals surface area contributed by atoms with E-state index in [9.17, 15) is 19.5 Å². The molecule has 9 heteroatoms. The molecule has 0 saturated carbocycles. The summed E-state index contributed by atoms with van der Waals surface area (Å²) in [6.07, 6.45) is 0.517. The van der Waals surface area contributed by atoms with E-state index in [0.29, 0.717) is 16.2 Å². The van der Waals surface area contributed by atoms with E-state index in [1.165, 1.54) is 13.0 Å². The number of ether oxygens (including phenoxy) is 1. The molecule has 1 aliphatic heterocycles. The Bertz CT molecular complexity index is 1090. The van der Waals surface area contributed by atoms with Crippen LogP contribution in [0.15, 0.2) is 52.4 Å². The number of carboxylic acid groups (broad SMARTS) is 2. The fourth-order valence-corrected chi connectivity index (χ4v) is 3.42. The Morgan fingerprint density at radius 3 is 2.63 bits per heavy atom. The number of thioether (sulfide) groups is 1. The SMILES string of the molecule is Cc1ccc(C(=O)O)c(N=C2NC(=O)/C(=C/c3ccccc3OC(C)C(=O)O)S2)c1. The molecule has 0 spiro atoms. The van der Waals surface area contributed by atoms with E-state index in [-0.39, 0.29) is 16.4 Å². The minimum absolute atomic E-state index is 0.0294. The van der Waals surface area contributed by atoms with E-state index in [1.54, 1.807) is 42.5 Å². The van der Waals surface area contributed by atoms with Gasteiger partial charge in [-0.2, -0.15) is 0 Å². The summed E-state index contributed by atoms with van der Waals surface area (Å²) in [6, 6.07) is 11.5. The molecular formula is C21H18N2O6S. The van der Waals surface area contributed by atoms with Gasteiger partial charge in [-0.05, 0) is 55.4 Å². The van der Waals surface area contributed by atoms with Crippen molar-refractivity contribution in [2.75, 3.05) is 0 Å². The first-order valence-corrected chi connectivity index (χ1v) is 9.68. The Morgan fingerprint density at radius 2 is 1.93 bits per heavy atom. The molecule has 1 atom stereocenters. The normalized spacial score (nSPS) is 17.1. The molecule has 1 fully saturated rings. The number of aromatic carboxylic acids is 1. The maximum absolute atomic E-state index is 12.4. The van der Waals surface area contributed by atoms with Crippen molar-refractivity contribution >= 4 is 46.5 Å². The zero-order chi connectivity index (χ0) is 21.8. The van der Waals surface area contributed by atoms with Crippen LogP contribution in [0.3, 0.4) is 0 Å². The van der Waals surface area contributed by atoms with Gasteiger partial charge in [0.15, 0.2) is 11.3 Å². The highest BCUT2D eigenvalue weighted by Crippen LogP contribution is 2.32. The molecular weight excluding hydrogens is 408 g/mol. The van der Waals surface area contributed by atoms with Gasteiger partial charge in [-0.3, -0.25) is 4.79 Å². The van der Waals surface area contributed by atoms with Crippen LogP contribution in [0.5, 0.6) is 5.75 Å². The van der Waals surface area contributed by atoms with Gasteiger partial charge >= 0.3 is 11.9 Å². The van der Waals surface area contributed by atoms with E-state index in [0.717, 1.165) is 17.3 Å². The molecule has 0 bridgehead atoms. The molecule has 3 rings (SSSR count). The van der Waals surface area contributed by atoms with Crippen LogP contribution in [0, 0.1) is 6.92 Å². The van der Waals surface area contributed by atoms with E-state index in [4.69, 9.17) is 9.84 Å². The summed E-state index contributed by atoms with van der Waals surface area (Å²) in [5.74, 6) is -2.29. The van der Waals surface area contributed by atoms with E-state index < -0.39 is 23.9 Å². The molecule has 0 aliphatic carbocycles. The Hall–Kier alpha value is -3.59. The number of benzene rings is 2. The van der Waals surface area contributed by atoms with Crippen molar-refractivity contribution in [1.29, 1.82) is 0 Å². The Balaban J connectivity index is 1.90. The maximum atomic E-state index is 12.4. The highest BCUT2D eigenvalue weighted by Gasteiger charge is 2.25. The highest BCUT2D eigenvalue weighted by molar-refractivity contribution is 8.18. The van der Waals surface area contributed by atoms with Crippen LogP contribution in [0.1, 0.15) is 28.4 Å². The first kappa shape index (κ1) is 21.1. The third kappa shape index (κ3) is 4.87. The van der Waals surface area contributed by atoms with Crippen LogP contribution in [0.25, 0.3) is 6.08 Å². The number of carboxylic acids is 2. The largest absolute Gasteiger partial charge is 0.479 e. The number of rotatable bonds is 6. The Morgan fingerprint density at radius 1 is 1.20 bits per heavy atom. The lowest BCUT2D eigenvalue weighted by Crippen LogP contribution is -2.23. The predicted octanol–water partition coefficient (Wildman–Crippen LogP) is 3.44. The van der Waals surface area contributed by atoms with Gasteiger partial charge in [-0.25, -0.2) is 14.6 Å². The average Bonchev–Trinajstić information content (AvgIpc) is 3.01. The number of para-hydroxylation sites is 1. The van der Waals surface area contributed by atoms with Crippen LogP contribution in [-0.4, -0.2) is 39.3 Å². The number of hydrogen-bond acceptors (Lipinski definition) is 6. The molecule has 1 saturated heterocycles. The third-order valence-corrected chi connectivity index (χ3v) is 5.02. The second-order valence-electron chi connectivity index (χ2n) is 6.44. The molecule has 1 unspecified atom stereocenters. The van der Waals surface area contributed by atoms with Crippen molar-refractivity contribution in [1.82, 2.24) is 5.32 Å². The molecule has 1 heterocycles. The minimum atomic E-state index is -1.11. The molecule has 1 amide bonds. The number of carbonyl (C=O) groups excluding carboxylic acids is 1. The van der Waals surface area contributed by atoms with Crippen molar-refractivity contribution in [2.24, 2.45) is 4.99 Å². The van der Waals surface area contributed by atoms with E-state index in [2.05, 4.69) is 10.3 Å². The lowest BCUT2D eigenvalue weighted by Gasteiger charge is -2.12. The zero-order valence-corrected chi connectivity index (χ0v) is 16.9. The second kappa shape index (κ2) is 8.83. The van der Waals surface area contributed by atoms with Crippen molar-refractivity contribution in [3.05, 3.63) is 64.1 Å². The zero-order valence-electron chi connectivity index (χ0n) is 16.1. The van der Waals surface area contributed by atoms with Crippen LogP contribution in [0.4, 0.5) is 5.69 Å². The summed E-state index contributed by atoms with van der Waals surface area (Å²) in [4.78, 5) is 39.5. The summed E-state index contributed by atoms with van der Waals surface area (Å²) < 4.78 is 5.45. The fourth-order valence-electron chi connectivity index (χ4n) is 2.59. The van der Waals surface area contributed by atoms with Gasteiger partial charge in [0, 0.05) is 5.56 Å². The molecule has 2 aromatic carbocycles. The fraction of sp³-hybridized carbons (Fsp3) is 0.143. The van der Waals surface area contributed by atoms with Gasteiger partial charge in [0.25, 0.3) is 5.91 Å². The van der Waals surface area contributed by atoms with Gasteiger partial charge in [0.2, 0.25) is 0 Å². The number of aliphatic carboxylic acids is 1. The summed E-state index contributed by atoms with van der Waals surface area (Å²) in [7, 11) is 0. The third-order valence-electron chi connectivity index (χ3n) is 4.11. The van der Waals surface area contributed by atoms with Crippen molar-refractivity contribution in [3.63, 3.8) is 0 Å². The molecule has 0 aromatic heterocycles. The molecule has 8 nitrogen and oxygen atoms in total. The first-order valence-electron chi connectivity index (χ1n) is 8.86. The number of carbonyl (C=O) groups is 3. The number of amides is 1. The van der Waals surface area contributed by atoms with E-state index in [1.807, 2.05) is 6.92 Å². The smallest absolute Gasteiger partial charge is 0.344 e. The van der Waals surface area contributed by atoms with Gasteiger partial charge in [-0.1, -0.05) is 24.3 Å². The lowest BCUT2D eigenvalue weighted by atomic mass is 10.1. The number of aliphatic imine (C=N–C) groups is 1. The summed E-state index contributed by atoms with van der Waals surface area (Å²) >= 11 is 1.05. The number of hydrogen-bond donors (Lipinski definition) is 3. The Kier molecular flexibility index (Phi) is 6.22. The highest BCUT2D eigenvalue weighted by atomic mass is 32.2. The van der Waals surface area contributed by atoms with Crippen LogP contribution in [-0.2, 0) is 9.59 Å². The topological polar surface area (TPSA) is 125 Å². The number of amidine groups is 1. The minimum Gasteiger partial charge on any atom is -0.479 e. The van der Waals surface area contributed by atoms with Crippen LogP contribution < -0.4 is 10.1 Å². The standard InChI is InChI=1S/C21H18N2O6S/c1-11-7-8-14(20(27)28)15(9-11)22-21-23-18(24)17(30-21)10-13-5-3-4-6-16(13)29-12(2)19(25)26/h3-10,12H,1-2H3,(H,25,26)(H,27,28)(H,22,23,24)/b17-10-. The molecule has 0 radical (unpaired) electrons. The van der Waals surface area contributed by atoms with Crippen molar-refractivity contribution in [2.45, 2.75) is 20.0 Å². The summed E-state index contributed by atoms with van der Waals surface area (Å²) in [6.45, 7) is 3.23. The molecule has 1 aliphatic rings. The predicted molar refractivity (Wildman–Crippen MR) is 113 cm³/mol. The summed E-state index contributed by atoms with van der Waals surface area (Å²) in [5.41, 5.74) is 1.64. The van der Waals surface area contributed by atoms with Crippen LogP contribution >= 0.6 is 11.8 Å². The monoisotopic (exact) mass is 426 g/mol. The number of aryl methyl sites for hydroxylation is 1. The van der Waals surface area contributed by atoms with Crippen LogP contribution in [0.2, 0.25) is 0 Å². The molecule has 30 heavy (non-hydrogen) atoms. The van der Waals surface area contributed by atoms with Crippen molar-refractivity contribution in [3.8, 4) is 5.75 Å². The van der Waals surface area contributed by atoms with Gasteiger partial charge in [0.1, 0.15) is 5.75 Å². The number of nitrogens with zero attached hydrogens (tertiary/aromatic N) is 1.